The maximum Gasteiger partial charge on any atom is 0.333 e. The van der Waals surface area contributed by atoms with Crippen LogP contribution in [0.15, 0.2) is 48.8 Å². The lowest BCUT2D eigenvalue weighted by Crippen LogP contribution is -2.48. The van der Waals surface area contributed by atoms with Gasteiger partial charge >= 0.3 is 12.5 Å². The highest BCUT2D eigenvalue weighted by molar-refractivity contribution is 5.85. The predicted octanol–water partition coefficient (Wildman–Crippen LogP) is 6.41. The van der Waals surface area contributed by atoms with Crippen molar-refractivity contribution in [2.24, 2.45) is 0 Å². The predicted molar refractivity (Wildman–Crippen MR) is 129 cm³/mol. The number of rotatable bonds is 7. The number of aliphatic carboxylic acids is 1. The summed E-state index contributed by atoms with van der Waals surface area (Å²) < 4.78 is 72.3. The van der Waals surface area contributed by atoms with Gasteiger partial charge in [-0.3, -0.25) is 4.90 Å². The Balaban J connectivity index is 1.84. The second-order valence-electron chi connectivity index (χ2n) is 9.82. The summed E-state index contributed by atoms with van der Waals surface area (Å²) >= 11 is 0. The molecule has 0 radical (unpaired) electrons. The molecule has 0 saturated carbocycles. The summed E-state index contributed by atoms with van der Waals surface area (Å²) in [6.07, 6.45) is 4.85. The Morgan fingerprint density at radius 2 is 1.86 bits per heavy atom. The minimum absolute atomic E-state index is 0.0361. The molecule has 0 spiro atoms. The molecule has 0 aliphatic carbocycles. The minimum Gasteiger partial charge on any atom is -0.478 e. The van der Waals surface area contributed by atoms with Crippen molar-refractivity contribution in [3.05, 3.63) is 82.7 Å². The van der Waals surface area contributed by atoms with Crippen molar-refractivity contribution >= 4 is 12.0 Å². The zero-order valence-electron chi connectivity index (χ0n) is 20.4. The van der Waals surface area contributed by atoms with Crippen molar-refractivity contribution in [1.29, 1.82) is 0 Å². The molecular weight excluding hydrogens is 493 g/mol. The van der Waals surface area contributed by atoms with E-state index in [1.165, 1.54) is 26.2 Å². The van der Waals surface area contributed by atoms with Gasteiger partial charge in [-0.05, 0) is 67.7 Å². The average molecular weight is 520 g/mol. The van der Waals surface area contributed by atoms with Crippen LogP contribution >= 0.6 is 0 Å². The topological polar surface area (TPSA) is 58.4 Å². The van der Waals surface area contributed by atoms with Gasteiger partial charge in [0, 0.05) is 36.0 Å². The van der Waals surface area contributed by atoms with E-state index in [2.05, 4.69) is 5.10 Å². The summed E-state index contributed by atoms with van der Waals surface area (Å²) in [6, 6.07) is 5.93. The molecule has 2 heterocycles. The van der Waals surface area contributed by atoms with Crippen LogP contribution in [0.3, 0.4) is 0 Å². The van der Waals surface area contributed by atoms with Gasteiger partial charge in [0.05, 0.1) is 12.2 Å². The molecule has 3 aromatic rings. The molecule has 2 aromatic carbocycles. The van der Waals surface area contributed by atoms with Crippen molar-refractivity contribution in [2.45, 2.75) is 51.5 Å². The number of carbonyl (C=O) groups is 1. The summed E-state index contributed by atoms with van der Waals surface area (Å²) in [5.41, 5.74) is 0.500. The minimum atomic E-state index is -2.78. The van der Waals surface area contributed by atoms with Crippen LogP contribution in [0.5, 0.6) is 0 Å². The number of carboxylic acids is 1. The van der Waals surface area contributed by atoms with E-state index < -0.39 is 35.9 Å². The van der Waals surface area contributed by atoms with Gasteiger partial charge in [0.15, 0.2) is 0 Å². The van der Waals surface area contributed by atoms with Crippen LogP contribution in [0.25, 0.3) is 17.2 Å². The molecule has 0 saturated heterocycles. The Hall–Kier alpha value is -3.53. The average Bonchev–Trinajstić information content (AvgIpc) is 3.29. The lowest BCUT2D eigenvalue weighted by atomic mass is 9.82. The molecule has 1 unspecified atom stereocenters. The first-order chi connectivity index (χ1) is 17.3. The van der Waals surface area contributed by atoms with Crippen molar-refractivity contribution in [2.75, 3.05) is 6.54 Å². The lowest BCUT2D eigenvalue weighted by Gasteiger charge is -2.44. The molecule has 10 heteroatoms. The van der Waals surface area contributed by atoms with E-state index >= 15 is 8.78 Å². The Kier molecular flexibility index (Phi) is 7.23. The molecule has 2 atom stereocenters. The molecule has 196 valence electrons. The molecular formula is C27H26F5N3O2. The van der Waals surface area contributed by atoms with Crippen molar-refractivity contribution in [1.82, 2.24) is 14.7 Å². The van der Waals surface area contributed by atoms with Crippen molar-refractivity contribution in [3.8, 4) is 11.1 Å². The standard InChI is InChI=1S/C27H26F5N3O2/c1-15-8-18-11-17(19-12-33-35(13-19)26(30)31)5-6-20(18)25(34(15)14-27(2,3)32)24-21(28)9-16(10-22(24)29)4-7-23(36)37/h4-7,9-13,15,25-26H,8,14H2,1-3H3,(H,36,37)/b7-4+/t15-,25?/m1/s1. The van der Waals surface area contributed by atoms with Gasteiger partial charge in [-0.15, -0.1) is 0 Å². The van der Waals surface area contributed by atoms with Crippen LogP contribution in [0, 0.1) is 11.6 Å². The largest absolute Gasteiger partial charge is 0.478 e. The van der Waals surface area contributed by atoms with Gasteiger partial charge < -0.3 is 5.11 Å². The van der Waals surface area contributed by atoms with Crippen LogP contribution in [0.1, 0.15) is 55.6 Å². The van der Waals surface area contributed by atoms with Gasteiger partial charge in [-0.25, -0.2) is 22.6 Å². The zero-order valence-corrected chi connectivity index (χ0v) is 20.4. The van der Waals surface area contributed by atoms with E-state index in [1.54, 1.807) is 23.1 Å². The quantitative estimate of drug-likeness (QED) is 0.290. The first-order valence-corrected chi connectivity index (χ1v) is 11.6. The molecule has 0 amide bonds. The number of halogens is 5. The van der Waals surface area contributed by atoms with Crippen molar-refractivity contribution < 1.29 is 31.9 Å². The number of hydrogen-bond acceptors (Lipinski definition) is 3. The molecule has 5 nitrogen and oxygen atoms in total. The number of carboxylic acid groups (broad SMARTS) is 1. The molecule has 4 rings (SSSR count). The molecule has 1 aliphatic rings. The van der Waals surface area contributed by atoms with E-state index in [9.17, 15) is 18.0 Å². The summed E-state index contributed by atoms with van der Waals surface area (Å²) in [4.78, 5) is 12.5. The molecule has 0 fully saturated rings. The third-order valence-corrected chi connectivity index (χ3v) is 6.34. The van der Waals surface area contributed by atoms with E-state index in [0.717, 1.165) is 29.8 Å². The van der Waals surface area contributed by atoms with Gasteiger partial charge in [0.1, 0.15) is 17.3 Å². The molecule has 37 heavy (non-hydrogen) atoms. The van der Waals surface area contributed by atoms with Gasteiger partial charge in [0.25, 0.3) is 0 Å². The third-order valence-electron chi connectivity index (χ3n) is 6.34. The SMILES string of the molecule is C[C@@H]1Cc2cc(-c3cnn(C(F)F)c3)ccc2C(c2c(F)cc(/C=C/C(=O)O)cc2F)N1CC(C)(C)F. The van der Waals surface area contributed by atoms with Gasteiger partial charge in [0.2, 0.25) is 0 Å². The second kappa shape index (κ2) is 10.1. The highest BCUT2D eigenvalue weighted by Crippen LogP contribution is 2.42. The molecule has 0 bridgehead atoms. The smallest absolute Gasteiger partial charge is 0.333 e. The van der Waals surface area contributed by atoms with E-state index in [1.807, 2.05) is 6.92 Å². The first kappa shape index (κ1) is 26.5. The first-order valence-electron chi connectivity index (χ1n) is 11.6. The number of fused-ring (bicyclic) bond motifs is 1. The monoisotopic (exact) mass is 519 g/mol. The Morgan fingerprint density at radius 3 is 2.43 bits per heavy atom. The fraction of sp³-hybridized carbons (Fsp3) is 0.333. The van der Waals surface area contributed by atoms with Crippen LogP contribution in [0.4, 0.5) is 22.0 Å². The number of nitrogens with zero attached hydrogens (tertiary/aromatic N) is 3. The van der Waals surface area contributed by atoms with E-state index in [0.29, 0.717) is 27.8 Å². The Morgan fingerprint density at radius 1 is 1.19 bits per heavy atom. The Labute approximate surface area is 210 Å². The second-order valence-corrected chi connectivity index (χ2v) is 9.82. The zero-order chi connectivity index (χ0) is 27.1. The van der Waals surface area contributed by atoms with Crippen LogP contribution < -0.4 is 0 Å². The summed E-state index contributed by atoms with van der Waals surface area (Å²) in [7, 11) is 0. The third kappa shape index (κ3) is 5.74. The van der Waals surface area contributed by atoms with E-state index in [4.69, 9.17) is 5.11 Å². The lowest BCUT2D eigenvalue weighted by molar-refractivity contribution is -0.131. The molecule has 1 aliphatic heterocycles. The summed E-state index contributed by atoms with van der Waals surface area (Å²) in [5, 5.41) is 12.5. The van der Waals surface area contributed by atoms with Crippen LogP contribution in [0.2, 0.25) is 0 Å². The number of benzene rings is 2. The number of alkyl halides is 3. The summed E-state index contributed by atoms with van der Waals surface area (Å²) in [5.74, 6) is -3.04. The van der Waals surface area contributed by atoms with Crippen LogP contribution in [-0.4, -0.2) is 44.0 Å². The maximum absolute atomic E-state index is 15.4. The van der Waals surface area contributed by atoms with Gasteiger partial charge in [-0.2, -0.15) is 13.9 Å². The van der Waals surface area contributed by atoms with E-state index in [-0.39, 0.29) is 23.7 Å². The fourth-order valence-corrected chi connectivity index (χ4v) is 4.82. The van der Waals surface area contributed by atoms with Gasteiger partial charge in [-0.1, -0.05) is 18.2 Å². The highest BCUT2D eigenvalue weighted by atomic mass is 19.3. The number of hydrogen-bond donors (Lipinski definition) is 1. The Bertz CT molecular complexity index is 1320. The fourth-order valence-electron chi connectivity index (χ4n) is 4.82. The highest BCUT2D eigenvalue weighted by Gasteiger charge is 2.39. The molecule has 1 N–H and O–H groups in total. The summed E-state index contributed by atoms with van der Waals surface area (Å²) in [6.45, 7) is 1.74. The van der Waals surface area contributed by atoms with Crippen molar-refractivity contribution in [3.63, 3.8) is 0 Å². The maximum atomic E-state index is 15.4. The number of aromatic nitrogens is 2. The normalized spacial score (nSPS) is 18.5. The van der Waals surface area contributed by atoms with Crippen LogP contribution in [-0.2, 0) is 11.2 Å². The molecule has 1 aromatic heterocycles.